The topological polar surface area (TPSA) is 58.6 Å². The Morgan fingerprint density at radius 3 is 2.33 bits per heavy atom. The van der Waals surface area contributed by atoms with Crippen LogP contribution >= 0.6 is 11.6 Å². The number of ether oxygens (including phenoxy) is 1. The highest BCUT2D eigenvalue weighted by molar-refractivity contribution is 6.30. The van der Waals surface area contributed by atoms with Crippen LogP contribution in [-0.4, -0.2) is 35.4 Å². The lowest BCUT2D eigenvalue weighted by atomic mass is 10.1. The van der Waals surface area contributed by atoms with Crippen LogP contribution in [0, 0.1) is 0 Å². The molecule has 2 aromatic carbocycles. The van der Waals surface area contributed by atoms with E-state index in [2.05, 4.69) is 5.32 Å². The van der Waals surface area contributed by atoms with Gasteiger partial charge < -0.3 is 15.0 Å². The normalized spacial score (nSPS) is 11.8. The average Bonchev–Trinajstić information content (AvgIpc) is 2.72. The molecule has 0 saturated heterocycles. The smallest absolute Gasteiger partial charge is 0.243 e. The lowest BCUT2D eigenvalue weighted by molar-refractivity contribution is -0.141. The first kappa shape index (κ1) is 23.7. The molecule has 6 heteroatoms. The summed E-state index contributed by atoms with van der Waals surface area (Å²) in [6, 6.07) is 16.4. The zero-order valence-electron chi connectivity index (χ0n) is 17.9. The van der Waals surface area contributed by atoms with Crippen molar-refractivity contribution in [1.29, 1.82) is 0 Å². The number of carbonyl (C=O) groups excluding carboxylic acids is 2. The molecule has 0 radical (unpaired) electrons. The molecule has 1 atom stereocenters. The van der Waals surface area contributed by atoms with Crippen LogP contribution < -0.4 is 10.1 Å². The molecule has 0 aromatic heterocycles. The third-order valence-electron chi connectivity index (χ3n) is 4.63. The molecule has 0 bridgehead atoms. The van der Waals surface area contributed by atoms with Gasteiger partial charge in [-0.1, -0.05) is 48.9 Å². The molecule has 0 heterocycles. The van der Waals surface area contributed by atoms with Gasteiger partial charge in [0.25, 0.3) is 0 Å². The molecule has 0 aliphatic carbocycles. The van der Waals surface area contributed by atoms with E-state index in [0.717, 1.165) is 11.3 Å². The summed E-state index contributed by atoms with van der Waals surface area (Å²) in [7, 11) is 0. The molecule has 0 aliphatic heterocycles. The number of carbonyl (C=O) groups is 2. The summed E-state index contributed by atoms with van der Waals surface area (Å²) in [6.45, 7) is 6.55. The molecule has 30 heavy (non-hydrogen) atoms. The van der Waals surface area contributed by atoms with E-state index in [9.17, 15) is 9.59 Å². The van der Waals surface area contributed by atoms with Crippen LogP contribution in [0.4, 0.5) is 0 Å². The van der Waals surface area contributed by atoms with E-state index in [0.29, 0.717) is 37.4 Å². The maximum Gasteiger partial charge on any atom is 0.243 e. The minimum atomic E-state index is -0.523. The Hall–Kier alpha value is -2.53. The van der Waals surface area contributed by atoms with Crippen molar-refractivity contribution in [2.75, 3.05) is 6.61 Å². The summed E-state index contributed by atoms with van der Waals surface area (Å²) in [4.78, 5) is 27.5. The second kappa shape index (κ2) is 12.2. The van der Waals surface area contributed by atoms with Gasteiger partial charge in [0.15, 0.2) is 0 Å². The quantitative estimate of drug-likeness (QED) is 0.519. The molecule has 5 nitrogen and oxygen atoms in total. The van der Waals surface area contributed by atoms with Crippen LogP contribution in [-0.2, 0) is 16.1 Å². The van der Waals surface area contributed by atoms with Crippen molar-refractivity contribution < 1.29 is 14.3 Å². The molecule has 2 aromatic rings. The first-order valence-corrected chi connectivity index (χ1v) is 10.8. The Bertz CT molecular complexity index is 794. The van der Waals surface area contributed by atoms with Gasteiger partial charge in [0.05, 0.1) is 6.61 Å². The van der Waals surface area contributed by atoms with Crippen molar-refractivity contribution in [2.45, 2.75) is 58.7 Å². The van der Waals surface area contributed by atoms with E-state index >= 15 is 0 Å². The van der Waals surface area contributed by atoms with Crippen molar-refractivity contribution in [3.05, 3.63) is 65.2 Å². The molecule has 0 aliphatic rings. The molecule has 1 N–H and O–H groups in total. The number of amides is 2. The van der Waals surface area contributed by atoms with Gasteiger partial charge in [0.2, 0.25) is 11.8 Å². The molecule has 2 rings (SSSR count). The van der Waals surface area contributed by atoms with Gasteiger partial charge in [-0.25, -0.2) is 0 Å². The van der Waals surface area contributed by atoms with Crippen LogP contribution in [0.15, 0.2) is 54.6 Å². The number of hydrogen-bond donors (Lipinski definition) is 1. The van der Waals surface area contributed by atoms with Crippen LogP contribution in [0.2, 0.25) is 5.02 Å². The van der Waals surface area contributed by atoms with Crippen molar-refractivity contribution >= 4 is 23.4 Å². The number of halogens is 1. The SMILES string of the molecule is CC[C@@H](C(=O)NC(C)C)N(Cc1ccc(Cl)cc1)C(=O)CCCOc1ccccc1. The van der Waals surface area contributed by atoms with Crippen LogP contribution in [0.5, 0.6) is 5.75 Å². The Balaban J connectivity index is 2.05. The second-order valence-electron chi connectivity index (χ2n) is 7.50. The summed E-state index contributed by atoms with van der Waals surface area (Å²) in [5, 5.41) is 3.57. The van der Waals surface area contributed by atoms with Gasteiger partial charge in [0, 0.05) is 24.0 Å². The summed E-state index contributed by atoms with van der Waals surface area (Å²) in [5.74, 6) is 0.591. The van der Waals surface area contributed by atoms with E-state index in [4.69, 9.17) is 16.3 Å². The Kier molecular flexibility index (Phi) is 9.68. The Labute approximate surface area is 184 Å². The predicted molar refractivity (Wildman–Crippen MR) is 121 cm³/mol. The molecule has 0 saturated carbocycles. The fraction of sp³-hybridized carbons (Fsp3) is 0.417. The summed E-state index contributed by atoms with van der Waals surface area (Å²) in [6.07, 6.45) is 1.43. The van der Waals surface area contributed by atoms with E-state index in [-0.39, 0.29) is 17.9 Å². The number of rotatable bonds is 11. The van der Waals surface area contributed by atoms with Crippen molar-refractivity contribution in [1.82, 2.24) is 10.2 Å². The van der Waals surface area contributed by atoms with E-state index < -0.39 is 6.04 Å². The van der Waals surface area contributed by atoms with Crippen molar-refractivity contribution in [3.63, 3.8) is 0 Å². The highest BCUT2D eigenvalue weighted by atomic mass is 35.5. The minimum absolute atomic E-state index is 0.0123. The standard InChI is InChI=1S/C24H31ClN2O3/c1-4-22(24(29)26-18(2)3)27(17-19-12-14-20(25)15-13-19)23(28)11-8-16-30-21-9-6-5-7-10-21/h5-7,9-10,12-15,18,22H,4,8,11,16-17H2,1-3H3,(H,26,29)/t22-/m0/s1. The first-order valence-electron chi connectivity index (χ1n) is 10.4. The number of benzene rings is 2. The molecule has 0 unspecified atom stereocenters. The molecule has 0 spiro atoms. The predicted octanol–water partition coefficient (Wildman–Crippen LogP) is 4.83. The first-order chi connectivity index (χ1) is 14.4. The number of hydrogen-bond acceptors (Lipinski definition) is 3. The lowest BCUT2D eigenvalue weighted by Gasteiger charge is -2.31. The van der Waals surface area contributed by atoms with Crippen LogP contribution in [0.3, 0.4) is 0 Å². The summed E-state index contributed by atoms with van der Waals surface area (Å²) >= 11 is 5.98. The summed E-state index contributed by atoms with van der Waals surface area (Å²) < 4.78 is 5.69. The number of nitrogens with one attached hydrogen (secondary N) is 1. The third kappa shape index (κ3) is 7.71. The molecular formula is C24H31ClN2O3. The fourth-order valence-electron chi connectivity index (χ4n) is 3.16. The lowest BCUT2D eigenvalue weighted by Crippen LogP contribution is -2.50. The van der Waals surface area contributed by atoms with Gasteiger partial charge in [-0.2, -0.15) is 0 Å². The zero-order chi connectivity index (χ0) is 21.9. The molecule has 0 fully saturated rings. The van der Waals surface area contributed by atoms with Gasteiger partial charge >= 0.3 is 0 Å². The van der Waals surface area contributed by atoms with Crippen LogP contribution in [0.1, 0.15) is 45.6 Å². The zero-order valence-corrected chi connectivity index (χ0v) is 18.7. The number of para-hydroxylation sites is 1. The van der Waals surface area contributed by atoms with Crippen molar-refractivity contribution in [2.24, 2.45) is 0 Å². The van der Waals surface area contributed by atoms with Gasteiger partial charge in [-0.05, 0) is 56.5 Å². The largest absolute Gasteiger partial charge is 0.494 e. The monoisotopic (exact) mass is 430 g/mol. The summed E-state index contributed by atoms with van der Waals surface area (Å²) in [5.41, 5.74) is 0.934. The van der Waals surface area contributed by atoms with Gasteiger partial charge in [-0.15, -0.1) is 0 Å². The number of nitrogens with zero attached hydrogens (tertiary/aromatic N) is 1. The second-order valence-corrected chi connectivity index (χ2v) is 7.94. The molecule has 2 amide bonds. The Morgan fingerprint density at radius 1 is 1.07 bits per heavy atom. The van der Waals surface area contributed by atoms with E-state index in [1.807, 2.05) is 63.2 Å². The van der Waals surface area contributed by atoms with Crippen molar-refractivity contribution in [3.8, 4) is 5.75 Å². The Morgan fingerprint density at radius 2 is 1.73 bits per heavy atom. The van der Waals surface area contributed by atoms with E-state index in [1.54, 1.807) is 17.0 Å². The molecular weight excluding hydrogens is 400 g/mol. The van der Waals surface area contributed by atoms with E-state index in [1.165, 1.54) is 0 Å². The minimum Gasteiger partial charge on any atom is -0.494 e. The fourth-order valence-corrected chi connectivity index (χ4v) is 3.29. The highest BCUT2D eigenvalue weighted by Crippen LogP contribution is 2.17. The maximum absolute atomic E-state index is 13.1. The van der Waals surface area contributed by atoms with Gasteiger partial charge in [0.1, 0.15) is 11.8 Å². The maximum atomic E-state index is 13.1. The average molecular weight is 431 g/mol. The third-order valence-corrected chi connectivity index (χ3v) is 4.88. The van der Waals surface area contributed by atoms with Crippen LogP contribution in [0.25, 0.3) is 0 Å². The highest BCUT2D eigenvalue weighted by Gasteiger charge is 2.28. The molecule has 162 valence electrons. The van der Waals surface area contributed by atoms with Gasteiger partial charge in [-0.3, -0.25) is 9.59 Å².